The summed E-state index contributed by atoms with van der Waals surface area (Å²) in [5.41, 5.74) is 1.59. The summed E-state index contributed by atoms with van der Waals surface area (Å²) in [5.74, 6) is 0.970. The third kappa shape index (κ3) is 1.95. The molecule has 0 aromatic heterocycles. The molecule has 2 unspecified atom stereocenters. The molecule has 15 heavy (non-hydrogen) atoms. The number of hydrogen-bond acceptors (Lipinski definition) is 1. The molecular formula is C14H27N. The first-order valence-electron chi connectivity index (χ1n) is 6.40. The summed E-state index contributed by atoms with van der Waals surface area (Å²) in [6, 6.07) is 0. The molecule has 0 aromatic carbocycles. The van der Waals surface area contributed by atoms with Gasteiger partial charge in [-0.25, -0.2) is 0 Å². The molecule has 1 heteroatoms. The molecule has 2 rings (SSSR count). The van der Waals surface area contributed by atoms with Gasteiger partial charge < -0.3 is 0 Å². The summed E-state index contributed by atoms with van der Waals surface area (Å²) in [6.07, 6.45) is 2.91. The van der Waals surface area contributed by atoms with E-state index in [2.05, 4.69) is 46.4 Å². The van der Waals surface area contributed by atoms with E-state index in [4.69, 9.17) is 0 Å². The second kappa shape index (κ2) is 3.00. The quantitative estimate of drug-likeness (QED) is 0.590. The van der Waals surface area contributed by atoms with Crippen LogP contribution in [0.25, 0.3) is 0 Å². The van der Waals surface area contributed by atoms with Crippen LogP contribution in [-0.4, -0.2) is 23.5 Å². The van der Waals surface area contributed by atoms with Crippen LogP contribution in [0.4, 0.5) is 0 Å². The fourth-order valence-electron chi connectivity index (χ4n) is 3.49. The summed E-state index contributed by atoms with van der Waals surface area (Å²) in [7, 11) is 0. The lowest BCUT2D eigenvalue weighted by atomic mass is 9.84. The highest BCUT2D eigenvalue weighted by Gasteiger charge is 2.61. The van der Waals surface area contributed by atoms with Crippen LogP contribution >= 0.6 is 0 Å². The zero-order valence-corrected chi connectivity index (χ0v) is 11.4. The van der Waals surface area contributed by atoms with Gasteiger partial charge >= 0.3 is 0 Å². The first kappa shape index (κ1) is 11.4. The standard InChI is InChI=1S/C14H27N/c1-12(2,3)11-9-14(11)7-8-15(10-14)13(4,5)6/h11H,7-10H2,1-6H3. The summed E-state index contributed by atoms with van der Waals surface area (Å²) < 4.78 is 0. The molecule has 0 amide bonds. The number of nitrogens with zero attached hydrogens (tertiary/aromatic N) is 1. The summed E-state index contributed by atoms with van der Waals surface area (Å²) >= 11 is 0. The highest BCUT2D eigenvalue weighted by Crippen LogP contribution is 2.65. The minimum Gasteiger partial charge on any atom is -0.298 e. The molecule has 0 radical (unpaired) electrons. The molecule has 88 valence electrons. The fourth-order valence-corrected chi connectivity index (χ4v) is 3.49. The molecule has 1 aliphatic heterocycles. The van der Waals surface area contributed by atoms with Gasteiger partial charge in [0.1, 0.15) is 0 Å². The summed E-state index contributed by atoms with van der Waals surface area (Å²) in [5, 5.41) is 0. The average Bonchev–Trinajstić information content (AvgIpc) is 2.49. The van der Waals surface area contributed by atoms with Crippen LogP contribution in [0.3, 0.4) is 0 Å². The van der Waals surface area contributed by atoms with Crippen LogP contribution in [0.2, 0.25) is 0 Å². The van der Waals surface area contributed by atoms with Crippen LogP contribution in [0.1, 0.15) is 54.4 Å². The molecule has 2 atom stereocenters. The molecule has 1 spiro atoms. The van der Waals surface area contributed by atoms with Gasteiger partial charge in [-0.2, -0.15) is 0 Å². The summed E-state index contributed by atoms with van der Waals surface area (Å²) in [6.45, 7) is 16.9. The number of hydrogen-bond donors (Lipinski definition) is 0. The molecule has 1 saturated carbocycles. The number of likely N-dealkylation sites (tertiary alicyclic amines) is 1. The lowest BCUT2D eigenvalue weighted by Gasteiger charge is -2.32. The van der Waals surface area contributed by atoms with Crippen LogP contribution in [0.5, 0.6) is 0 Å². The Morgan fingerprint density at radius 3 is 2.00 bits per heavy atom. The van der Waals surface area contributed by atoms with E-state index in [1.165, 1.54) is 25.9 Å². The SMILES string of the molecule is CC(C)(C)C1CC12CCN(C(C)(C)C)C2. The molecule has 0 N–H and O–H groups in total. The molecule has 1 nitrogen and oxygen atoms in total. The Balaban J connectivity index is 2.01. The second-order valence-corrected chi connectivity index (χ2v) is 7.83. The maximum Gasteiger partial charge on any atom is 0.0125 e. The zero-order valence-electron chi connectivity index (χ0n) is 11.4. The van der Waals surface area contributed by atoms with Gasteiger partial charge in [0.25, 0.3) is 0 Å². The van der Waals surface area contributed by atoms with Crippen LogP contribution in [-0.2, 0) is 0 Å². The molecule has 1 heterocycles. The van der Waals surface area contributed by atoms with Gasteiger partial charge in [-0.15, -0.1) is 0 Å². The van der Waals surface area contributed by atoms with Gasteiger partial charge in [0.05, 0.1) is 0 Å². The van der Waals surface area contributed by atoms with Gasteiger partial charge in [0.15, 0.2) is 0 Å². The summed E-state index contributed by atoms with van der Waals surface area (Å²) in [4.78, 5) is 2.68. The van der Waals surface area contributed by atoms with Crippen molar-refractivity contribution in [2.24, 2.45) is 16.7 Å². The van der Waals surface area contributed by atoms with Crippen LogP contribution in [0.15, 0.2) is 0 Å². The second-order valence-electron chi connectivity index (χ2n) is 7.83. The lowest BCUT2D eigenvalue weighted by molar-refractivity contribution is 0.159. The molecule has 0 bridgehead atoms. The van der Waals surface area contributed by atoms with Crippen molar-refractivity contribution in [3.8, 4) is 0 Å². The molecule has 1 aliphatic carbocycles. The van der Waals surface area contributed by atoms with E-state index in [0.717, 1.165) is 5.92 Å². The molecule has 0 aromatic rings. The molecule has 1 saturated heterocycles. The largest absolute Gasteiger partial charge is 0.298 e. The lowest BCUT2D eigenvalue weighted by Crippen LogP contribution is -2.39. The maximum atomic E-state index is 2.68. The van der Waals surface area contributed by atoms with E-state index in [9.17, 15) is 0 Å². The predicted octanol–water partition coefficient (Wildman–Crippen LogP) is 3.54. The van der Waals surface area contributed by atoms with Crippen molar-refractivity contribution in [3.05, 3.63) is 0 Å². The van der Waals surface area contributed by atoms with E-state index in [0.29, 0.717) is 16.4 Å². The van der Waals surface area contributed by atoms with Crippen molar-refractivity contribution >= 4 is 0 Å². The van der Waals surface area contributed by atoms with E-state index < -0.39 is 0 Å². The topological polar surface area (TPSA) is 3.24 Å². The smallest absolute Gasteiger partial charge is 0.0125 e. The Hall–Kier alpha value is -0.0400. The van der Waals surface area contributed by atoms with Crippen molar-refractivity contribution in [1.29, 1.82) is 0 Å². The Morgan fingerprint density at radius 2 is 1.67 bits per heavy atom. The predicted molar refractivity (Wildman–Crippen MR) is 65.9 cm³/mol. The minimum absolute atomic E-state index is 0.370. The zero-order chi connectivity index (χ0) is 11.5. The van der Waals surface area contributed by atoms with Crippen molar-refractivity contribution in [1.82, 2.24) is 4.90 Å². The fraction of sp³-hybridized carbons (Fsp3) is 1.00. The maximum absolute atomic E-state index is 2.68. The Labute approximate surface area is 95.2 Å². The Kier molecular flexibility index (Phi) is 2.29. The van der Waals surface area contributed by atoms with E-state index in [1.807, 2.05) is 0 Å². The van der Waals surface area contributed by atoms with Gasteiger partial charge in [0, 0.05) is 12.1 Å². The first-order valence-corrected chi connectivity index (χ1v) is 6.40. The van der Waals surface area contributed by atoms with Gasteiger partial charge in [0.2, 0.25) is 0 Å². The molecular weight excluding hydrogens is 182 g/mol. The van der Waals surface area contributed by atoms with E-state index in [-0.39, 0.29) is 0 Å². The van der Waals surface area contributed by atoms with E-state index in [1.54, 1.807) is 0 Å². The van der Waals surface area contributed by atoms with Crippen molar-refractivity contribution in [2.75, 3.05) is 13.1 Å². The highest BCUT2D eigenvalue weighted by molar-refractivity contribution is 5.12. The highest BCUT2D eigenvalue weighted by atomic mass is 15.2. The van der Waals surface area contributed by atoms with Gasteiger partial charge in [-0.05, 0) is 56.9 Å². The normalized spacial score (nSPS) is 37.6. The first-order chi connectivity index (χ1) is 6.65. The molecule has 2 fully saturated rings. The van der Waals surface area contributed by atoms with Crippen molar-refractivity contribution in [3.63, 3.8) is 0 Å². The average molecular weight is 209 g/mol. The number of rotatable bonds is 0. The van der Waals surface area contributed by atoms with Crippen LogP contribution in [0, 0.1) is 16.7 Å². The van der Waals surface area contributed by atoms with Crippen molar-refractivity contribution < 1.29 is 0 Å². The molecule has 2 aliphatic rings. The monoisotopic (exact) mass is 209 g/mol. The van der Waals surface area contributed by atoms with Crippen LogP contribution < -0.4 is 0 Å². The Bertz CT molecular complexity index is 241. The van der Waals surface area contributed by atoms with Crippen molar-refractivity contribution in [2.45, 2.75) is 59.9 Å². The Morgan fingerprint density at radius 1 is 1.07 bits per heavy atom. The van der Waals surface area contributed by atoms with E-state index >= 15 is 0 Å². The third-order valence-corrected chi connectivity index (χ3v) is 4.57. The van der Waals surface area contributed by atoms with Gasteiger partial charge in [-0.1, -0.05) is 20.8 Å². The van der Waals surface area contributed by atoms with Gasteiger partial charge in [-0.3, -0.25) is 4.90 Å². The minimum atomic E-state index is 0.370. The third-order valence-electron chi connectivity index (χ3n) is 4.57.